The van der Waals surface area contributed by atoms with Crippen LogP contribution in [-0.4, -0.2) is 19.2 Å². The van der Waals surface area contributed by atoms with E-state index in [1.54, 1.807) is 4.90 Å². The summed E-state index contributed by atoms with van der Waals surface area (Å²) in [5.41, 5.74) is 3.51. The van der Waals surface area contributed by atoms with Crippen molar-refractivity contribution in [1.29, 1.82) is 0 Å². The fourth-order valence-corrected chi connectivity index (χ4v) is 3.40. The average molecular weight is 372 g/mol. The van der Waals surface area contributed by atoms with Crippen molar-refractivity contribution in [3.05, 3.63) is 52.0 Å². The van der Waals surface area contributed by atoms with Gasteiger partial charge in [0.05, 0.1) is 5.69 Å². The van der Waals surface area contributed by atoms with Gasteiger partial charge in [-0.2, -0.15) is 0 Å². The standard InChI is InChI=1S/C18H14BrNO3/c1-2-20-15-6-4-3-5-12(15)13(18(20)21)7-11-8-16-17(9-14(11)19)23-10-22-16/h3-9H,2,10H2,1H3/b13-7-. The lowest BCUT2D eigenvalue weighted by molar-refractivity contribution is -0.112. The van der Waals surface area contributed by atoms with E-state index in [0.717, 1.165) is 21.3 Å². The number of hydrogen-bond donors (Lipinski definition) is 0. The maximum atomic E-state index is 12.7. The summed E-state index contributed by atoms with van der Waals surface area (Å²) in [5, 5.41) is 0. The number of halogens is 1. The van der Waals surface area contributed by atoms with Crippen LogP contribution in [0.4, 0.5) is 5.69 Å². The number of hydrogen-bond acceptors (Lipinski definition) is 3. The number of rotatable bonds is 2. The fraction of sp³-hybridized carbons (Fsp3) is 0.167. The van der Waals surface area contributed by atoms with E-state index in [-0.39, 0.29) is 12.7 Å². The zero-order valence-corrected chi connectivity index (χ0v) is 14.1. The summed E-state index contributed by atoms with van der Waals surface area (Å²) in [7, 11) is 0. The van der Waals surface area contributed by atoms with E-state index < -0.39 is 0 Å². The van der Waals surface area contributed by atoms with Gasteiger partial charge in [-0.25, -0.2) is 0 Å². The highest BCUT2D eigenvalue weighted by Gasteiger charge is 2.31. The van der Waals surface area contributed by atoms with Gasteiger partial charge in [0, 0.05) is 22.2 Å². The number of carbonyl (C=O) groups excluding carboxylic acids is 1. The van der Waals surface area contributed by atoms with Gasteiger partial charge in [-0.15, -0.1) is 0 Å². The lowest BCUT2D eigenvalue weighted by atomic mass is 10.0. The number of ether oxygens (including phenoxy) is 2. The summed E-state index contributed by atoms with van der Waals surface area (Å²) in [6.07, 6.45) is 1.91. The molecule has 1 amide bonds. The highest BCUT2D eigenvalue weighted by atomic mass is 79.9. The van der Waals surface area contributed by atoms with Gasteiger partial charge in [-0.05, 0) is 36.8 Å². The number of likely N-dealkylation sites (N-methyl/N-ethyl adjacent to an activating group) is 1. The predicted molar refractivity (Wildman–Crippen MR) is 92.6 cm³/mol. The molecule has 0 bridgehead atoms. The zero-order valence-electron chi connectivity index (χ0n) is 12.5. The minimum atomic E-state index is 0.0262. The molecule has 0 aliphatic carbocycles. The van der Waals surface area contributed by atoms with Crippen LogP contribution in [0.5, 0.6) is 11.5 Å². The van der Waals surface area contributed by atoms with E-state index in [1.165, 1.54) is 0 Å². The van der Waals surface area contributed by atoms with Crippen molar-refractivity contribution < 1.29 is 14.3 Å². The largest absolute Gasteiger partial charge is 0.454 e. The van der Waals surface area contributed by atoms with E-state index in [1.807, 2.05) is 49.4 Å². The van der Waals surface area contributed by atoms with E-state index in [0.29, 0.717) is 23.6 Å². The van der Waals surface area contributed by atoms with Crippen molar-refractivity contribution in [3.8, 4) is 11.5 Å². The van der Waals surface area contributed by atoms with Gasteiger partial charge in [0.25, 0.3) is 5.91 Å². The highest BCUT2D eigenvalue weighted by molar-refractivity contribution is 9.10. The SMILES string of the molecule is CCN1C(=O)/C(=C\c2cc3c(cc2Br)OCO3)c2ccccc21. The first-order valence-electron chi connectivity index (χ1n) is 7.41. The number of para-hydroxylation sites is 1. The Kier molecular flexibility index (Phi) is 3.38. The minimum Gasteiger partial charge on any atom is -0.454 e. The van der Waals surface area contributed by atoms with E-state index >= 15 is 0 Å². The van der Waals surface area contributed by atoms with Crippen molar-refractivity contribution in [2.45, 2.75) is 6.92 Å². The Balaban J connectivity index is 1.85. The molecule has 23 heavy (non-hydrogen) atoms. The molecule has 4 rings (SSSR count). The third-order valence-electron chi connectivity index (χ3n) is 4.07. The van der Waals surface area contributed by atoms with Crippen molar-refractivity contribution in [2.75, 3.05) is 18.2 Å². The maximum Gasteiger partial charge on any atom is 0.258 e. The van der Waals surface area contributed by atoms with Crippen LogP contribution in [-0.2, 0) is 4.79 Å². The second-order valence-electron chi connectivity index (χ2n) is 5.35. The Morgan fingerprint density at radius 2 is 1.96 bits per heavy atom. The molecule has 0 atom stereocenters. The van der Waals surface area contributed by atoms with Gasteiger partial charge >= 0.3 is 0 Å². The normalized spacial score (nSPS) is 17.0. The van der Waals surface area contributed by atoms with Gasteiger partial charge in [0.2, 0.25) is 6.79 Å². The smallest absolute Gasteiger partial charge is 0.258 e. The fourth-order valence-electron chi connectivity index (χ4n) is 2.96. The summed E-state index contributed by atoms with van der Waals surface area (Å²) < 4.78 is 11.7. The molecule has 2 aromatic carbocycles. The molecule has 0 N–H and O–H groups in total. The Bertz CT molecular complexity index is 844. The summed E-state index contributed by atoms with van der Waals surface area (Å²) in [6.45, 7) is 2.86. The molecule has 116 valence electrons. The van der Waals surface area contributed by atoms with Crippen molar-refractivity contribution in [2.24, 2.45) is 0 Å². The molecule has 2 aromatic rings. The van der Waals surface area contributed by atoms with Crippen molar-refractivity contribution >= 4 is 39.2 Å². The lowest BCUT2D eigenvalue weighted by Crippen LogP contribution is -2.25. The van der Waals surface area contributed by atoms with Gasteiger partial charge in [0.1, 0.15) is 0 Å². The van der Waals surface area contributed by atoms with Crippen molar-refractivity contribution in [1.82, 2.24) is 0 Å². The van der Waals surface area contributed by atoms with Crippen LogP contribution >= 0.6 is 15.9 Å². The number of nitrogens with zero attached hydrogens (tertiary/aromatic N) is 1. The summed E-state index contributed by atoms with van der Waals surface area (Å²) in [6, 6.07) is 11.6. The number of carbonyl (C=O) groups is 1. The lowest BCUT2D eigenvalue weighted by Gasteiger charge is -2.13. The molecule has 2 aliphatic rings. The molecule has 0 saturated carbocycles. The molecule has 0 radical (unpaired) electrons. The van der Waals surface area contributed by atoms with E-state index in [9.17, 15) is 4.79 Å². The molecule has 2 aliphatic heterocycles. The van der Waals surface area contributed by atoms with Crippen LogP contribution in [0, 0.1) is 0 Å². The van der Waals surface area contributed by atoms with Crippen molar-refractivity contribution in [3.63, 3.8) is 0 Å². The molecule has 0 fully saturated rings. The molecule has 0 saturated heterocycles. The number of anilines is 1. The number of fused-ring (bicyclic) bond motifs is 2. The quantitative estimate of drug-likeness (QED) is 0.746. The van der Waals surface area contributed by atoms with Crippen LogP contribution in [0.2, 0.25) is 0 Å². The molecular formula is C18H14BrNO3. The van der Waals surface area contributed by atoms with Crippen LogP contribution in [0.15, 0.2) is 40.9 Å². The average Bonchev–Trinajstić information content (AvgIpc) is 3.10. The first-order valence-corrected chi connectivity index (χ1v) is 8.20. The third kappa shape index (κ3) is 2.23. The third-order valence-corrected chi connectivity index (χ3v) is 4.76. The Morgan fingerprint density at radius 3 is 2.74 bits per heavy atom. The summed E-state index contributed by atoms with van der Waals surface area (Å²) >= 11 is 3.54. The monoisotopic (exact) mass is 371 g/mol. The van der Waals surface area contributed by atoms with Gasteiger partial charge in [-0.1, -0.05) is 34.1 Å². The maximum absolute atomic E-state index is 12.7. The summed E-state index contributed by atoms with van der Waals surface area (Å²) in [4.78, 5) is 14.5. The van der Waals surface area contributed by atoms with Gasteiger partial charge in [-0.3, -0.25) is 4.79 Å². The molecule has 0 spiro atoms. The molecule has 0 aromatic heterocycles. The zero-order chi connectivity index (χ0) is 16.0. The van der Waals surface area contributed by atoms with Crippen LogP contribution in [0.25, 0.3) is 11.6 Å². The van der Waals surface area contributed by atoms with Crippen LogP contribution in [0.1, 0.15) is 18.1 Å². The Hall–Kier alpha value is -2.27. The number of benzene rings is 2. The highest BCUT2D eigenvalue weighted by Crippen LogP contribution is 2.41. The first-order chi connectivity index (χ1) is 11.2. The molecule has 2 heterocycles. The second-order valence-corrected chi connectivity index (χ2v) is 6.21. The van der Waals surface area contributed by atoms with Gasteiger partial charge < -0.3 is 14.4 Å². The molecule has 5 heteroatoms. The summed E-state index contributed by atoms with van der Waals surface area (Å²) in [5.74, 6) is 1.44. The van der Waals surface area contributed by atoms with E-state index in [4.69, 9.17) is 9.47 Å². The molecular weight excluding hydrogens is 358 g/mol. The minimum absolute atomic E-state index is 0.0262. The first kappa shape index (κ1) is 14.3. The van der Waals surface area contributed by atoms with Crippen LogP contribution < -0.4 is 14.4 Å². The molecule has 4 nitrogen and oxygen atoms in total. The van der Waals surface area contributed by atoms with E-state index in [2.05, 4.69) is 15.9 Å². The Morgan fingerprint density at radius 1 is 1.22 bits per heavy atom. The number of amides is 1. The topological polar surface area (TPSA) is 38.8 Å². The predicted octanol–water partition coefficient (Wildman–Crippen LogP) is 4.08. The Labute approximate surface area is 142 Å². The molecule has 0 unspecified atom stereocenters. The second kappa shape index (κ2) is 5.42. The van der Waals surface area contributed by atoms with Crippen LogP contribution in [0.3, 0.4) is 0 Å². The van der Waals surface area contributed by atoms with Gasteiger partial charge in [0.15, 0.2) is 11.5 Å².